The summed E-state index contributed by atoms with van der Waals surface area (Å²) in [5.74, 6) is 0.711. The molecule has 1 aromatic rings. The van der Waals surface area contributed by atoms with Gasteiger partial charge in [-0.15, -0.1) is 0 Å². The van der Waals surface area contributed by atoms with Crippen LogP contribution in [0.15, 0.2) is 24.3 Å². The number of anilines is 1. The van der Waals surface area contributed by atoms with Crippen molar-refractivity contribution in [3.63, 3.8) is 0 Å². The fourth-order valence-corrected chi connectivity index (χ4v) is 3.83. The van der Waals surface area contributed by atoms with Crippen molar-refractivity contribution < 1.29 is 9.90 Å². The van der Waals surface area contributed by atoms with Crippen molar-refractivity contribution in [1.29, 1.82) is 0 Å². The van der Waals surface area contributed by atoms with Gasteiger partial charge >= 0.3 is 0 Å². The van der Waals surface area contributed by atoms with E-state index in [0.717, 1.165) is 63.2 Å². The number of piperidine rings is 2. The van der Waals surface area contributed by atoms with Crippen LogP contribution in [0.5, 0.6) is 0 Å². The molecule has 2 N–H and O–H groups in total. The summed E-state index contributed by atoms with van der Waals surface area (Å²) in [5.41, 5.74) is 1.92. The van der Waals surface area contributed by atoms with Gasteiger partial charge in [0.2, 0.25) is 0 Å². The van der Waals surface area contributed by atoms with Crippen molar-refractivity contribution in [2.45, 2.75) is 31.8 Å². The number of likely N-dealkylation sites (tertiary alicyclic amines) is 1. The second kappa shape index (κ2) is 7.99. The Hall–Kier alpha value is -1.59. The predicted molar refractivity (Wildman–Crippen MR) is 96.5 cm³/mol. The van der Waals surface area contributed by atoms with Crippen molar-refractivity contribution in [2.24, 2.45) is 5.92 Å². The second-order valence-electron chi connectivity index (χ2n) is 7.08. The van der Waals surface area contributed by atoms with Gasteiger partial charge < -0.3 is 20.2 Å². The van der Waals surface area contributed by atoms with E-state index in [2.05, 4.69) is 10.2 Å². The number of aliphatic hydroxyl groups excluding tert-OH is 1. The van der Waals surface area contributed by atoms with E-state index in [9.17, 15) is 9.90 Å². The zero-order chi connectivity index (χ0) is 16.9. The van der Waals surface area contributed by atoms with Crippen LogP contribution in [0.4, 0.5) is 5.69 Å². The topological polar surface area (TPSA) is 55.8 Å². The van der Waals surface area contributed by atoms with Crippen molar-refractivity contribution >= 4 is 11.6 Å². The Morgan fingerprint density at radius 1 is 1.17 bits per heavy atom. The van der Waals surface area contributed by atoms with Crippen LogP contribution in [0.1, 0.15) is 36.0 Å². The molecule has 5 heteroatoms. The van der Waals surface area contributed by atoms with Gasteiger partial charge in [-0.25, -0.2) is 0 Å². The summed E-state index contributed by atoms with van der Waals surface area (Å²) in [6.07, 6.45) is 3.77. The van der Waals surface area contributed by atoms with Crippen molar-refractivity contribution in [1.82, 2.24) is 10.2 Å². The zero-order valence-electron chi connectivity index (χ0n) is 14.6. The van der Waals surface area contributed by atoms with E-state index in [4.69, 9.17) is 0 Å². The smallest absolute Gasteiger partial charge is 0.253 e. The Kier molecular flexibility index (Phi) is 5.74. The van der Waals surface area contributed by atoms with Gasteiger partial charge in [0.25, 0.3) is 5.91 Å². The number of rotatable bonds is 4. The zero-order valence-corrected chi connectivity index (χ0v) is 14.6. The fourth-order valence-electron chi connectivity index (χ4n) is 3.83. The monoisotopic (exact) mass is 331 g/mol. The molecular formula is C19H29N3O2. The van der Waals surface area contributed by atoms with Crippen LogP contribution in [-0.2, 0) is 0 Å². The lowest BCUT2D eigenvalue weighted by Gasteiger charge is -2.33. The van der Waals surface area contributed by atoms with Crippen molar-refractivity contribution in [3.05, 3.63) is 29.8 Å². The van der Waals surface area contributed by atoms with Crippen LogP contribution < -0.4 is 10.2 Å². The van der Waals surface area contributed by atoms with Crippen LogP contribution >= 0.6 is 0 Å². The molecule has 0 spiro atoms. The molecule has 3 rings (SSSR count). The van der Waals surface area contributed by atoms with E-state index < -0.39 is 0 Å². The van der Waals surface area contributed by atoms with Gasteiger partial charge in [-0.2, -0.15) is 0 Å². The van der Waals surface area contributed by atoms with E-state index in [1.165, 1.54) is 6.42 Å². The van der Waals surface area contributed by atoms with Gasteiger partial charge in [0.05, 0.1) is 6.10 Å². The predicted octanol–water partition coefficient (Wildman–Crippen LogP) is 1.72. The molecule has 2 saturated heterocycles. The maximum absolute atomic E-state index is 12.7. The second-order valence-corrected chi connectivity index (χ2v) is 7.08. The van der Waals surface area contributed by atoms with Gasteiger partial charge in [-0.3, -0.25) is 4.79 Å². The lowest BCUT2D eigenvalue weighted by Crippen LogP contribution is -2.42. The van der Waals surface area contributed by atoms with Crippen LogP contribution in [0.3, 0.4) is 0 Å². The van der Waals surface area contributed by atoms with Crippen molar-refractivity contribution in [3.8, 4) is 0 Å². The summed E-state index contributed by atoms with van der Waals surface area (Å²) in [6.45, 7) is 4.46. The minimum atomic E-state index is -0.160. The Labute approximate surface area is 144 Å². The first-order chi connectivity index (χ1) is 11.7. The van der Waals surface area contributed by atoms with Crippen LogP contribution in [0, 0.1) is 5.92 Å². The molecule has 0 saturated carbocycles. The molecule has 0 aromatic heterocycles. The first kappa shape index (κ1) is 17.2. The van der Waals surface area contributed by atoms with Gasteiger partial charge in [0.1, 0.15) is 0 Å². The number of nitrogens with zero attached hydrogens (tertiary/aromatic N) is 2. The molecule has 132 valence electrons. The van der Waals surface area contributed by atoms with E-state index in [1.807, 2.05) is 36.2 Å². The van der Waals surface area contributed by atoms with Gasteiger partial charge in [0, 0.05) is 37.4 Å². The summed E-state index contributed by atoms with van der Waals surface area (Å²) >= 11 is 0. The highest BCUT2D eigenvalue weighted by molar-refractivity contribution is 5.94. The van der Waals surface area contributed by atoms with Crippen LogP contribution in [-0.4, -0.2) is 61.8 Å². The third-order valence-electron chi connectivity index (χ3n) is 5.24. The lowest BCUT2D eigenvalue weighted by atomic mass is 9.97. The molecule has 2 aliphatic rings. The SMILES string of the molecule is CNCC1CCCN(C(=O)c2ccc(N3CCC(O)CC3)cc2)C1. The molecule has 0 aliphatic carbocycles. The van der Waals surface area contributed by atoms with E-state index in [1.54, 1.807) is 0 Å². The standard InChI is InChI=1S/C19H29N3O2/c1-20-13-15-3-2-10-22(14-15)19(24)16-4-6-17(7-5-16)21-11-8-18(23)9-12-21/h4-7,15,18,20,23H,2-3,8-14H2,1H3. The summed E-state index contributed by atoms with van der Waals surface area (Å²) in [6, 6.07) is 7.98. The summed E-state index contributed by atoms with van der Waals surface area (Å²) in [7, 11) is 1.97. The maximum Gasteiger partial charge on any atom is 0.253 e. The normalized spacial score (nSPS) is 22.7. The molecule has 1 atom stereocenters. The summed E-state index contributed by atoms with van der Waals surface area (Å²) in [5, 5.41) is 12.8. The molecule has 2 fully saturated rings. The molecule has 2 aliphatic heterocycles. The number of benzene rings is 1. The lowest BCUT2D eigenvalue weighted by molar-refractivity contribution is 0.0674. The third kappa shape index (κ3) is 4.08. The molecule has 0 radical (unpaired) electrons. The summed E-state index contributed by atoms with van der Waals surface area (Å²) < 4.78 is 0. The first-order valence-corrected chi connectivity index (χ1v) is 9.14. The Morgan fingerprint density at radius 3 is 2.54 bits per heavy atom. The quantitative estimate of drug-likeness (QED) is 0.882. The molecular weight excluding hydrogens is 302 g/mol. The third-order valence-corrected chi connectivity index (χ3v) is 5.24. The Morgan fingerprint density at radius 2 is 1.88 bits per heavy atom. The van der Waals surface area contributed by atoms with Gasteiger partial charge in [0.15, 0.2) is 0 Å². The first-order valence-electron chi connectivity index (χ1n) is 9.14. The number of carbonyl (C=O) groups excluding carboxylic acids is 1. The van der Waals surface area contributed by atoms with E-state index in [0.29, 0.717) is 5.92 Å². The molecule has 0 bridgehead atoms. The Balaban J connectivity index is 1.61. The number of aliphatic hydroxyl groups is 1. The number of carbonyl (C=O) groups is 1. The number of nitrogens with one attached hydrogen (secondary N) is 1. The average molecular weight is 331 g/mol. The van der Waals surface area contributed by atoms with Gasteiger partial charge in [-0.05, 0) is 69.5 Å². The molecule has 2 heterocycles. The number of hydrogen-bond donors (Lipinski definition) is 2. The fraction of sp³-hybridized carbons (Fsp3) is 0.632. The van der Waals surface area contributed by atoms with Crippen molar-refractivity contribution in [2.75, 3.05) is 44.7 Å². The largest absolute Gasteiger partial charge is 0.393 e. The number of amides is 1. The number of hydrogen-bond acceptors (Lipinski definition) is 4. The minimum absolute atomic E-state index is 0.149. The molecule has 1 aromatic carbocycles. The minimum Gasteiger partial charge on any atom is -0.393 e. The molecule has 24 heavy (non-hydrogen) atoms. The highest BCUT2D eigenvalue weighted by Crippen LogP contribution is 2.22. The maximum atomic E-state index is 12.7. The highest BCUT2D eigenvalue weighted by Gasteiger charge is 2.24. The molecule has 1 unspecified atom stereocenters. The van der Waals surface area contributed by atoms with E-state index >= 15 is 0 Å². The molecule has 5 nitrogen and oxygen atoms in total. The molecule has 1 amide bonds. The van der Waals surface area contributed by atoms with Crippen LogP contribution in [0.2, 0.25) is 0 Å². The van der Waals surface area contributed by atoms with E-state index in [-0.39, 0.29) is 12.0 Å². The average Bonchev–Trinajstić information content (AvgIpc) is 2.62. The van der Waals surface area contributed by atoms with Crippen LogP contribution in [0.25, 0.3) is 0 Å². The van der Waals surface area contributed by atoms with Gasteiger partial charge in [-0.1, -0.05) is 0 Å². The highest BCUT2D eigenvalue weighted by atomic mass is 16.3. The Bertz CT molecular complexity index is 536. The summed E-state index contributed by atoms with van der Waals surface area (Å²) in [4.78, 5) is 17.0.